The van der Waals surface area contributed by atoms with Crippen molar-refractivity contribution >= 4 is 27.5 Å². The van der Waals surface area contributed by atoms with E-state index >= 15 is 0 Å². The third-order valence-electron chi connectivity index (χ3n) is 2.93. The van der Waals surface area contributed by atoms with Crippen LogP contribution in [0.3, 0.4) is 0 Å². The maximum atomic E-state index is 5.71. The van der Waals surface area contributed by atoms with E-state index in [9.17, 15) is 0 Å². The molecule has 1 unspecified atom stereocenters. The maximum Gasteiger partial charge on any atom is 0.0829 e. The first-order valence-electron chi connectivity index (χ1n) is 6.14. The van der Waals surface area contributed by atoms with E-state index in [2.05, 4.69) is 56.9 Å². The van der Waals surface area contributed by atoms with Crippen LogP contribution in [0.4, 0.5) is 0 Å². The molecule has 0 saturated heterocycles. The zero-order valence-electron chi connectivity index (χ0n) is 10.9. The fourth-order valence-corrected chi connectivity index (χ4v) is 3.29. The number of nitrogens with one attached hydrogen (secondary N) is 1. The largest absolute Gasteiger partial charge is 0.271 e. The first kappa shape index (κ1) is 14.6. The Balaban J connectivity index is 2.23. The third-order valence-corrected chi connectivity index (χ3v) is 4.28. The molecule has 0 aliphatic heterocycles. The number of benzene rings is 1. The number of halogens is 1. The number of rotatable bonds is 5. The molecule has 1 aromatic heterocycles. The molecule has 19 heavy (non-hydrogen) atoms. The number of hydrogen-bond acceptors (Lipinski definition) is 5. The second-order valence-corrected chi connectivity index (χ2v) is 6.43. The highest BCUT2D eigenvalue weighted by Gasteiger charge is 2.20. The monoisotopic (exact) mass is 340 g/mol. The van der Waals surface area contributed by atoms with Gasteiger partial charge in [-0.15, -0.1) is 5.10 Å². The van der Waals surface area contributed by atoms with Crippen molar-refractivity contribution in [2.75, 3.05) is 0 Å². The quantitative estimate of drug-likeness (QED) is 0.648. The van der Waals surface area contributed by atoms with Crippen molar-refractivity contribution in [2.24, 2.45) is 5.84 Å². The van der Waals surface area contributed by atoms with Crippen molar-refractivity contribution in [1.82, 2.24) is 15.0 Å². The predicted octanol–water partition coefficient (Wildman–Crippen LogP) is 3.17. The Morgan fingerprint density at radius 2 is 2.21 bits per heavy atom. The van der Waals surface area contributed by atoms with Gasteiger partial charge in [0.15, 0.2) is 0 Å². The summed E-state index contributed by atoms with van der Waals surface area (Å²) in [6.45, 7) is 4.24. The van der Waals surface area contributed by atoms with Crippen molar-refractivity contribution in [3.05, 3.63) is 44.9 Å². The lowest BCUT2D eigenvalue weighted by Gasteiger charge is -2.16. The molecule has 0 aliphatic carbocycles. The van der Waals surface area contributed by atoms with E-state index in [0.717, 1.165) is 21.5 Å². The van der Waals surface area contributed by atoms with Gasteiger partial charge in [-0.05, 0) is 41.6 Å². The summed E-state index contributed by atoms with van der Waals surface area (Å²) in [5.41, 5.74) is 5.14. The van der Waals surface area contributed by atoms with E-state index in [1.165, 1.54) is 17.1 Å². The standard InChI is InChI=1S/C13H17BrN4S/c1-8(2)12-13(19-18-17-12)11(16-15)7-9-4-3-5-10(14)6-9/h3-6,8,11,16H,7,15H2,1-2H3. The molecule has 0 bridgehead atoms. The predicted molar refractivity (Wildman–Crippen MR) is 81.9 cm³/mol. The minimum Gasteiger partial charge on any atom is -0.271 e. The Hall–Kier alpha value is -0.820. The molecular weight excluding hydrogens is 324 g/mol. The summed E-state index contributed by atoms with van der Waals surface area (Å²) < 4.78 is 5.13. The molecule has 1 heterocycles. The van der Waals surface area contributed by atoms with Crippen LogP contribution in [0.1, 0.15) is 41.9 Å². The lowest BCUT2D eigenvalue weighted by atomic mass is 10.0. The fraction of sp³-hybridized carbons (Fsp3) is 0.385. The number of nitrogens with two attached hydrogens (primary N) is 1. The first-order valence-corrected chi connectivity index (χ1v) is 7.71. The van der Waals surface area contributed by atoms with Crippen LogP contribution in [0.5, 0.6) is 0 Å². The highest BCUT2D eigenvalue weighted by molar-refractivity contribution is 9.10. The van der Waals surface area contributed by atoms with Crippen LogP contribution < -0.4 is 11.3 Å². The normalized spacial score (nSPS) is 12.9. The Morgan fingerprint density at radius 1 is 1.42 bits per heavy atom. The van der Waals surface area contributed by atoms with Gasteiger partial charge in [-0.3, -0.25) is 11.3 Å². The summed E-state index contributed by atoms with van der Waals surface area (Å²) in [5.74, 6) is 6.06. The van der Waals surface area contributed by atoms with Crippen LogP contribution in [0.2, 0.25) is 0 Å². The molecule has 2 rings (SSSR count). The van der Waals surface area contributed by atoms with Crippen LogP contribution in [-0.4, -0.2) is 9.59 Å². The van der Waals surface area contributed by atoms with E-state index in [4.69, 9.17) is 5.84 Å². The van der Waals surface area contributed by atoms with Crippen molar-refractivity contribution in [2.45, 2.75) is 32.2 Å². The van der Waals surface area contributed by atoms with Crippen molar-refractivity contribution in [3.63, 3.8) is 0 Å². The molecule has 2 aromatic rings. The lowest BCUT2D eigenvalue weighted by Crippen LogP contribution is -2.29. The van der Waals surface area contributed by atoms with Gasteiger partial charge in [0.2, 0.25) is 0 Å². The minimum absolute atomic E-state index is 0.0479. The fourth-order valence-electron chi connectivity index (χ4n) is 1.97. The lowest BCUT2D eigenvalue weighted by molar-refractivity contribution is 0.551. The van der Waals surface area contributed by atoms with Gasteiger partial charge in [-0.25, -0.2) is 0 Å². The summed E-state index contributed by atoms with van der Waals surface area (Å²) in [6, 6.07) is 8.29. The van der Waals surface area contributed by atoms with E-state index in [1.54, 1.807) is 0 Å². The summed E-state index contributed by atoms with van der Waals surface area (Å²) in [6.07, 6.45) is 0.819. The summed E-state index contributed by atoms with van der Waals surface area (Å²) in [5, 5.41) is 4.21. The van der Waals surface area contributed by atoms with Gasteiger partial charge >= 0.3 is 0 Å². The highest BCUT2D eigenvalue weighted by atomic mass is 79.9. The molecule has 0 amide bonds. The zero-order chi connectivity index (χ0) is 13.8. The molecule has 102 valence electrons. The second kappa shape index (κ2) is 6.56. The number of aromatic nitrogens is 2. The summed E-state index contributed by atoms with van der Waals surface area (Å²) in [4.78, 5) is 1.12. The van der Waals surface area contributed by atoms with Gasteiger partial charge in [0.25, 0.3) is 0 Å². The number of hydrazine groups is 1. The Bertz CT molecular complexity index is 541. The zero-order valence-corrected chi connectivity index (χ0v) is 13.3. The Morgan fingerprint density at radius 3 is 2.84 bits per heavy atom. The molecule has 0 fully saturated rings. The van der Waals surface area contributed by atoms with Crippen molar-refractivity contribution < 1.29 is 0 Å². The van der Waals surface area contributed by atoms with Crippen LogP contribution in [-0.2, 0) is 6.42 Å². The van der Waals surface area contributed by atoms with E-state index in [-0.39, 0.29) is 6.04 Å². The van der Waals surface area contributed by atoms with E-state index in [0.29, 0.717) is 5.92 Å². The number of hydrogen-bond donors (Lipinski definition) is 2. The van der Waals surface area contributed by atoms with E-state index < -0.39 is 0 Å². The van der Waals surface area contributed by atoms with Gasteiger partial charge < -0.3 is 0 Å². The highest BCUT2D eigenvalue weighted by Crippen LogP contribution is 2.28. The van der Waals surface area contributed by atoms with Crippen LogP contribution in [0.15, 0.2) is 28.7 Å². The van der Waals surface area contributed by atoms with Gasteiger partial charge in [0.05, 0.1) is 16.6 Å². The second-order valence-electron chi connectivity index (χ2n) is 4.73. The molecule has 0 radical (unpaired) electrons. The first-order chi connectivity index (χ1) is 9.11. The molecule has 0 spiro atoms. The van der Waals surface area contributed by atoms with Crippen LogP contribution in [0, 0.1) is 0 Å². The molecular formula is C13H17BrN4S. The minimum atomic E-state index is 0.0479. The molecule has 0 saturated carbocycles. The molecule has 4 nitrogen and oxygen atoms in total. The number of nitrogens with zero attached hydrogens (tertiary/aromatic N) is 2. The Labute approximate surface area is 125 Å². The van der Waals surface area contributed by atoms with Crippen LogP contribution in [0.25, 0.3) is 0 Å². The average molecular weight is 341 g/mol. The van der Waals surface area contributed by atoms with Gasteiger partial charge in [-0.1, -0.05) is 46.4 Å². The third kappa shape index (κ3) is 3.60. The molecule has 0 aliphatic rings. The van der Waals surface area contributed by atoms with Crippen molar-refractivity contribution in [1.29, 1.82) is 0 Å². The van der Waals surface area contributed by atoms with Crippen molar-refractivity contribution in [3.8, 4) is 0 Å². The van der Waals surface area contributed by atoms with Gasteiger partial charge in [0, 0.05) is 4.47 Å². The average Bonchev–Trinajstić information content (AvgIpc) is 2.85. The topological polar surface area (TPSA) is 63.8 Å². The van der Waals surface area contributed by atoms with Gasteiger partial charge in [0.1, 0.15) is 0 Å². The molecule has 3 N–H and O–H groups in total. The maximum absolute atomic E-state index is 5.71. The summed E-state index contributed by atoms with van der Waals surface area (Å²) >= 11 is 4.91. The van der Waals surface area contributed by atoms with Crippen LogP contribution >= 0.6 is 27.5 Å². The van der Waals surface area contributed by atoms with Gasteiger partial charge in [-0.2, -0.15) is 0 Å². The Kier molecular flexibility index (Phi) is 5.04. The van der Waals surface area contributed by atoms with E-state index in [1.807, 2.05) is 12.1 Å². The molecule has 1 atom stereocenters. The molecule has 1 aromatic carbocycles. The summed E-state index contributed by atoms with van der Waals surface area (Å²) in [7, 11) is 0. The smallest absolute Gasteiger partial charge is 0.0829 e. The SMILES string of the molecule is CC(C)c1nnsc1C(Cc1cccc(Br)c1)NN. The molecule has 6 heteroatoms.